The van der Waals surface area contributed by atoms with E-state index >= 15 is 0 Å². The summed E-state index contributed by atoms with van der Waals surface area (Å²) >= 11 is 0. The number of benzene rings is 1. The van der Waals surface area contributed by atoms with Crippen molar-refractivity contribution < 1.29 is 13.2 Å². The van der Waals surface area contributed by atoms with Crippen LogP contribution in [0.2, 0.25) is 0 Å². The van der Waals surface area contributed by atoms with Crippen LogP contribution in [0.1, 0.15) is 31.0 Å². The minimum atomic E-state index is -3.21. The van der Waals surface area contributed by atoms with Crippen LogP contribution in [0.3, 0.4) is 0 Å². The Morgan fingerprint density at radius 3 is 2.38 bits per heavy atom. The third-order valence-corrected chi connectivity index (χ3v) is 4.37. The number of hydrogen-bond donors (Lipinski definition) is 2. The molecule has 1 heterocycles. The molecule has 0 radical (unpaired) electrons. The molecule has 0 unspecified atom stereocenters. The van der Waals surface area contributed by atoms with Crippen LogP contribution >= 0.6 is 12.4 Å². The average Bonchev–Trinajstić information content (AvgIpc) is 2.55. The molecule has 2 rings (SSSR count). The van der Waals surface area contributed by atoms with Gasteiger partial charge in [0.15, 0.2) is 0 Å². The summed E-state index contributed by atoms with van der Waals surface area (Å²) in [7, 11) is -3.21. The summed E-state index contributed by atoms with van der Waals surface area (Å²) in [5.74, 6) is 0.619. The smallest absolute Gasteiger partial charge is 0.213 e. The zero-order chi connectivity index (χ0) is 18.3. The first-order valence-corrected chi connectivity index (χ1v) is 10.1. The fourth-order valence-corrected chi connectivity index (χ4v) is 3.18. The van der Waals surface area contributed by atoms with E-state index in [0.29, 0.717) is 19.0 Å². The summed E-state index contributed by atoms with van der Waals surface area (Å²) in [5, 5.41) is 3.34. The number of ether oxygens (including phenoxy) is 1. The molecule has 1 aromatic heterocycles. The predicted octanol–water partition coefficient (Wildman–Crippen LogP) is 2.67. The van der Waals surface area contributed by atoms with E-state index in [-0.39, 0.29) is 24.6 Å². The van der Waals surface area contributed by atoms with Gasteiger partial charge in [-0.15, -0.1) is 12.4 Å². The summed E-state index contributed by atoms with van der Waals surface area (Å²) in [6.45, 7) is 5.22. The van der Waals surface area contributed by atoms with E-state index < -0.39 is 10.0 Å². The van der Waals surface area contributed by atoms with Crippen LogP contribution in [0.5, 0.6) is 5.88 Å². The molecule has 26 heavy (non-hydrogen) atoms. The van der Waals surface area contributed by atoms with Crippen molar-refractivity contribution in [2.75, 3.05) is 12.8 Å². The van der Waals surface area contributed by atoms with Gasteiger partial charge in [0, 0.05) is 31.4 Å². The second kappa shape index (κ2) is 10.5. The molecule has 2 atom stereocenters. The number of pyridine rings is 1. The van der Waals surface area contributed by atoms with Gasteiger partial charge in [-0.25, -0.2) is 18.1 Å². The zero-order valence-electron chi connectivity index (χ0n) is 15.2. The second-order valence-corrected chi connectivity index (χ2v) is 7.86. The fraction of sp³-hybridized carbons (Fsp3) is 0.389. The molecule has 0 fully saturated rings. The number of nitrogens with one attached hydrogen (secondary N) is 2. The molecule has 1 aromatic carbocycles. The number of halogens is 1. The normalized spacial score (nSPS) is 13.5. The number of hydrogen-bond acceptors (Lipinski definition) is 5. The fourth-order valence-electron chi connectivity index (χ4n) is 2.40. The quantitative estimate of drug-likeness (QED) is 0.677. The molecule has 0 amide bonds. The van der Waals surface area contributed by atoms with Gasteiger partial charge in [-0.2, -0.15) is 0 Å². The Hall–Kier alpha value is -1.67. The largest absolute Gasteiger partial charge is 0.473 e. The van der Waals surface area contributed by atoms with Gasteiger partial charge < -0.3 is 10.1 Å². The van der Waals surface area contributed by atoms with Gasteiger partial charge in [0.2, 0.25) is 15.9 Å². The molecule has 0 bridgehead atoms. The highest BCUT2D eigenvalue weighted by Crippen LogP contribution is 2.14. The Labute approximate surface area is 161 Å². The standard InChI is InChI=1S/C18H25N3O3S.ClH/c1-14(24-18-6-4-5-11-20-18)12-19-13-16-7-9-17(10-8-16)15(2)21-25(3,22)23;/h4-11,14-15,19,21H,12-13H2,1-3H3;1H/t14-,15-;/m1./s1. The average molecular weight is 400 g/mol. The van der Waals surface area contributed by atoms with Crippen molar-refractivity contribution in [3.8, 4) is 5.88 Å². The summed E-state index contributed by atoms with van der Waals surface area (Å²) in [6, 6.07) is 13.2. The molecule has 0 aliphatic carbocycles. The number of nitrogens with zero attached hydrogens (tertiary/aromatic N) is 1. The molecule has 0 aliphatic rings. The Morgan fingerprint density at radius 2 is 1.81 bits per heavy atom. The highest BCUT2D eigenvalue weighted by atomic mass is 35.5. The molecule has 0 saturated heterocycles. The van der Waals surface area contributed by atoms with E-state index in [9.17, 15) is 8.42 Å². The minimum Gasteiger partial charge on any atom is -0.473 e. The first-order chi connectivity index (χ1) is 11.8. The van der Waals surface area contributed by atoms with Gasteiger partial charge in [0.25, 0.3) is 0 Å². The predicted molar refractivity (Wildman–Crippen MR) is 106 cm³/mol. The molecule has 6 nitrogen and oxygen atoms in total. The van der Waals surface area contributed by atoms with Crippen molar-refractivity contribution in [2.45, 2.75) is 32.5 Å². The third-order valence-electron chi connectivity index (χ3n) is 3.59. The van der Waals surface area contributed by atoms with E-state index in [1.807, 2.05) is 56.3 Å². The lowest BCUT2D eigenvalue weighted by Gasteiger charge is -2.15. The highest BCUT2D eigenvalue weighted by Gasteiger charge is 2.10. The highest BCUT2D eigenvalue weighted by molar-refractivity contribution is 7.88. The molecule has 2 N–H and O–H groups in total. The Bertz CT molecular complexity index is 755. The van der Waals surface area contributed by atoms with E-state index in [4.69, 9.17) is 4.74 Å². The number of sulfonamides is 1. The van der Waals surface area contributed by atoms with Crippen LogP contribution in [0, 0.1) is 0 Å². The van der Waals surface area contributed by atoms with E-state index in [1.54, 1.807) is 6.20 Å². The zero-order valence-corrected chi connectivity index (χ0v) is 16.8. The molecule has 0 aliphatic heterocycles. The SMILES string of the molecule is C[C@H](CNCc1ccc([C@@H](C)NS(C)(=O)=O)cc1)Oc1ccccn1.Cl. The first-order valence-electron chi connectivity index (χ1n) is 8.18. The monoisotopic (exact) mass is 399 g/mol. The van der Waals surface area contributed by atoms with E-state index in [0.717, 1.165) is 17.4 Å². The summed E-state index contributed by atoms with van der Waals surface area (Å²) in [5.41, 5.74) is 2.06. The van der Waals surface area contributed by atoms with Crippen molar-refractivity contribution in [1.82, 2.24) is 15.0 Å². The van der Waals surface area contributed by atoms with Gasteiger partial charge in [0.05, 0.1) is 6.26 Å². The van der Waals surface area contributed by atoms with Crippen molar-refractivity contribution in [3.05, 3.63) is 59.8 Å². The van der Waals surface area contributed by atoms with Crippen LogP contribution in [0.15, 0.2) is 48.7 Å². The van der Waals surface area contributed by atoms with Gasteiger partial charge in [-0.1, -0.05) is 30.3 Å². The van der Waals surface area contributed by atoms with Crippen molar-refractivity contribution in [2.24, 2.45) is 0 Å². The molecule has 0 saturated carbocycles. The molecule has 2 aromatic rings. The first kappa shape index (κ1) is 22.4. The maximum absolute atomic E-state index is 11.3. The Morgan fingerprint density at radius 1 is 1.12 bits per heavy atom. The number of rotatable bonds is 9. The van der Waals surface area contributed by atoms with Crippen molar-refractivity contribution in [1.29, 1.82) is 0 Å². The lowest BCUT2D eigenvalue weighted by molar-refractivity contribution is 0.208. The van der Waals surface area contributed by atoms with Crippen LogP contribution in [-0.4, -0.2) is 32.3 Å². The lowest BCUT2D eigenvalue weighted by Crippen LogP contribution is -2.28. The molecular formula is C18H26ClN3O3S. The Kier molecular flexibility index (Phi) is 9.01. The molecule has 8 heteroatoms. The molecular weight excluding hydrogens is 374 g/mol. The maximum Gasteiger partial charge on any atom is 0.213 e. The Balaban J connectivity index is 0.00000338. The van der Waals surface area contributed by atoms with Crippen molar-refractivity contribution in [3.63, 3.8) is 0 Å². The van der Waals surface area contributed by atoms with Crippen LogP contribution in [-0.2, 0) is 16.6 Å². The van der Waals surface area contributed by atoms with Crippen LogP contribution in [0.4, 0.5) is 0 Å². The molecule has 0 spiro atoms. The van der Waals surface area contributed by atoms with Gasteiger partial charge in [-0.05, 0) is 31.0 Å². The van der Waals surface area contributed by atoms with Gasteiger partial charge in [0.1, 0.15) is 6.10 Å². The minimum absolute atomic E-state index is 0. The summed E-state index contributed by atoms with van der Waals surface area (Å²) < 4.78 is 30.8. The summed E-state index contributed by atoms with van der Waals surface area (Å²) in [6.07, 6.45) is 2.88. The van der Waals surface area contributed by atoms with Crippen LogP contribution in [0.25, 0.3) is 0 Å². The maximum atomic E-state index is 11.3. The van der Waals surface area contributed by atoms with E-state index in [2.05, 4.69) is 15.0 Å². The van der Waals surface area contributed by atoms with Crippen LogP contribution < -0.4 is 14.8 Å². The lowest BCUT2D eigenvalue weighted by atomic mass is 10.1. The summed E-state index contributed by atoms with van der Waals surface area (Å²) in [4.78, 5) is 4.14. The van der Waals surface area contributed by atoms with E-state index in [1.165, 1.54) is 0 Å². The molecule has 144 valence electrons. The van der Waals surface area contributed by atoms with Gasteiger partial charge >= 0.3 is 0 Å². The topological polar surface area (TPSA) is 80.3 Å². The second-order valence-electron chi connectivity index (χ2n) is 6.08. The number of aromatic nitrogens is 1. The van der Waals surface area contributed by atoms with Crippen molar-refractivity contribution >= 4 is 22.4 Å². The van der Waals surface area contributed by atoms with Gasteiger partial charge in [-0.3, -0.25) is 0 Å². The third kappa shape index (κ3) is 8.14.